The molecular formula is C18H26N2O2. The van der Waals surface area contributed by atoms with Crippen molar-refractivity contribution in [3.8, 4) is 0 Å². The summed E-state index contributed by atoms with van der Waals surface area (Å²) >= 11 is 0. The molecule has 4 heteroatoms. The Morgan fingerprint density at radius 2 is 2.09 bits per heavy atom. The van der Waals surface area contributed by atoms with E-state index in [0.717, 1.165) is 50.7 Å². The largest absolute Gasteiger partial charge is 0.468 e. The minimum atomic E-state index is 0.257. The summed E-state index contributed by atoms with van der Waals surface area (Å²) in [6, 6.07) is 4.53. The van der Waals surface area contributed by atoms with E-state index in [1.165, 1.54) is 25.7 Å². The number of hydrogen-bond acceptors (Lipinski definition) is 3. The Labute approximate surface area is 132 Å². The first-order chi connectivity index (χ1) is 10.8. The fourth-order valence-corrected chi connectivity index (χ4v) is 4.60. The van der Waals surface area contributed by atoms with Crippen molar-refractivity contribution in [2.45, 2.75) is 51.1 Å². The molecule has 2 atom stereocenters. The molecule has 1 saturated carbocycles. The molecule has 2 saturated heterocycles. The van der Waals surface area contributed by atoms with E-state index in [2.05, 4.69) is 9.80 Å². The zero-order valence-corrected chi connectivity index (χ0v) is 13.2. The molecule has 1 aromatic rings. The third-order valence-corrected chi connectivity index (χ3v) is 5.83. The Bertz CT molecular complexity index is 505. The average Bonchev–Trinajstić information content (AvgIpc) is 3.15. The molecule has 0 unspecified atom stereocenters. The number of furan rings is 1. The smallest absolute Gasteiger partial charge is 0.226 e. The van der Waals surface area contributed by atoms with Gasteiger partial charge in [0.05, 0.1) is 12.8 Å². The summed E-state index contributed by atoms with van der Waals surface area (Å²) in [5.74, 6) is 2.53. The van der Waals surface area contributed by atoms with E-state index in [4.69, 9.17) is 4.42 Å². The van der Waals surface area contributed by atoms with Gasteiger partial charge in [0.2, 0.25) is 5.91 Å². The number of nitrogens with zero attached hydrogens (tertiary/aromatic N) is 2. The van der Waals surface area contributed by atoms with E-state index in [1.54, 1.807) is 6.26 Å². The quantitative estimate of drug-likeness (QED) is 0.861. The summed E-state index contributed by atoms with van der Waals surface area (Å²) in [5, 5.41) is 0. The first-order valence-electron chi connectivity index (χ1n) is 8.85. The molecule has 0 radical (unpaired) electrons. The van der Waals surface area contributed by atoms with E-state index in [1.807, 2.05) is 12.1 Å². The van der Waals surface area contributed by atoms with Crippen LogP contribution in [-0.4, -0.2) is 41.4 Å². The highest BCUT2D eigenvalue weighted by Crippen LogP contribution is 2.37. The summed E-state index contributed by atoms with van der Waals surface area (Å²) in [7, 11) is 0. The maximum absolute atomic E-state index is 12.9. The lowest BCUT2D eigenvalue weighted by atomic mass is 9.90. The van der Waals surface area contributed by atoms with Gasteiger partial charge >= 0.3 is 0 Å². The predicted molar refractivity (Wildman–Crippen MR) is 84.2 cm³/mol. The molecule has 0 spiro atoms. The van der Waals surface area contributed by atoms with Crippen molar-refractivity contribution >= 4 is 5.91 Å². The second-order valence-electron chi connectivity index (χ2n) is 7.31. The lowest BCUT2D eigenvalue weighted by Crippen LogP contribution is -2.44. The van der Waals surface area contributed by atoms with Gasteiger partial charge in [0.15, 0.2) is 0 Å². The van der Waals surface area contributed by atoms with Gasteiger partial charge < -0.3 is 9.32 Å². The van der Waals surface area contributed by atoms with Gasteiger partial charge in [-0.25, -0.2) is 0 Å². The molecule has 1 aliphatic carbocycles. The van der Waals surface area contributed by atoms with Crippen molar-refractivity contribution < 1.29 is 9.21 Å². The number of carbonyl (C=O) groups is 1. The predicted octanol–water partition coefficient (Wildman–Crippen LogP) is 2.89. The van der Waals surface area contributed by atoms with E-state index in [-0.39, 0.29) is 5.92 Å². The second kappa shape index (κ2) is 6.07. The van der Waals surface area contributed by atoms with Crippen molar-refractivity contribution in [3.05, 3.63) is 24.2 Å². The fourth-order valence-electron chi connectivity index (χ4n) is 4.60. The monoisotopic (exact) mass is 302 g/mol. The Morgan fingerprint density at radius 3 is 2.82 bits per heavy atom. The van der Waals surface area contributed by atoms with E-state index >= 15 is 0 Å². The van der Waals surface area contributed by atoms with Crippen LogP contribution >= 0.6 is 0 Å². The van der Waals surface area contributed by atoms with Crippen LogP contribution in [0.4, 0.5) is 0 Å². The molecule has 3 heterocycles. The number of carbonyl (C=O) groups excluding carboxylic acids is 1. The number of piperidine rings is 1. The summed E-state index contributed by atoms with van der Waals surface area (Å²) in [6.45, 7) is 3.94. The average molecular weight is 302 g/mol. The highest BCUT2D eigenvalue weighted by atomic mass is 16.3. The molecule has 0 aromatic carbocycles. The highest BCUT2D eigenvalue weighted by Gasteiger charge is 2.40. The number of hydrogen-bond donors (Lipinski definition) is 0. The fraction of sp³-hybridized carbons (Fsp3) is 0.722. The van der Waals surface area contributed by atoms with Crippen molar-refractivity contribution in [1.82, 2.24) is 9.80 Å². The zero-order valence-electron chi connectivity index (χ0n) is 13.2. The SMILES string of the molecule is O=C(C1CCN(Cc2ccco2)CC1)N1C[C@@H]2CCC[C@H]1C2. The summed E-state index contributed by atoms with van der Waals surface area (Å²) in [5.41, 5.74) is 0. The lowest BCUT2D eigenvalue weighted by molar-refractivity contribution is -0.138. The third kappa shape index (κ3) is 2.81. The summed E-state index contributed by atoms with van der Waals surface area (Å²) in [4.78, 5) is 17.5. The molecule has 1 aromatic heterocycles. The summed E-state index contributed by atoms with van der Waals surface area (Å²) in [6.07, 6.45) is 8.91. The van der Waals surface area contributed by atoms with Crippen LogP contribution in [0.15, 0.2) is 22.8 Å². The molecular weight excluding hydrogens is 276 g/mol. The van der Waals surface area contributed by atoms with Crippen LogP contribution in [0.2, 0.25) is 0 Å². The number of rotatable bonds is 3. The molecule has 3 aliphatic rings. The molecule has 3 fully saturated rings. The Balaban J connectivity index is 1.30. The van der Waals surface area contributed by atoms with E-state index in [0.29, 0.717) is 11.9 Å². The van der Waals surface area contributed by atoms with Gasteiger partial charge in [-0.3, -0.25) is 9.69 Å². The first-order valence-corrected chi connectivity index (χ1v) is 8.85. The van der Waals surface area contributed by atoms with Crippen LogP contribution in [0.1, 0.15) is 44.3 Å². The van der Waals surface area contributed by atoms with Gasteiger partial charge in [-0.05, 0) is 63.2 Å². The molecule has 22 heavy (non-hydrogen) atoms. The van der Waals surface area contributed by atoms with E-state index in [9.17, 15) is 4.79 Å². The van der Waals surface area contributed by atoms with Crippen molar-refractivity contribution in [3.63, 3.8) is 0 Å². The highest BCUT2D eigenvalue weighted by molar-refractivity contribution is 5.79. The minimum Gasteiger partial charge on any atom is -0.468 e. The van der Waals surface area contributed by atoms with Crippen LogP contribution in [0, 0.1) is 11.8 Å². The van der Waals surface area contributed by atoms with Crippen molar-refractivity contribution in [2.24, 2.45) is 11.8 Å². The molecule has 1 amide bonds. The Kier molecular flexibility index (Phi) is 3.95. The Morgan fingerprint density at radius 1 is 1.23 bits per heavy atom. The number of fused-ring (bicyclic) bond motifs is 2. The second-order valence-corrected chi connectivity index (χ2v) is 7.31. The van der Waals surface area contributed by atoms with Crippen LogP contribution < -0.4 is 0 Å². The molecule has 2 bridgehead atoms. The first kappa shape index (κ1) is 14.3. The van der Waals surface area contributed by atoms with E-state index < -0.39 is 0 Å². The molecule has 4 nitrogen and oxygen atoms in total. The van der Waals surface area contributed by atoms with Crippen LogP contribution in [-0.2, 0) is 11.3 Å². The van der Waals surface area contributed by atoms with Crippen molar-refractivity contribution in [1.29, 1.82) is 0 Å². The molecule has 120 valence electrons. The number of likely N-dealkylation sites (tertiary alicyclic amines) is 2. The third-order valence-electron chi connectivity index (χ3n) is 5.83. The standard InChI is InChI=1S/C18H26N2O2/c21-18(20-12-14-3-1-4-16(20)11-14)15-6-8-19(9-7-15)13-17-5-2-10-22-17/h2,5,10,14-16H,1,3-4,6-9,11-13H2/t14-,16+/m1/s1. The minimum absolute atomic E-state index is 0.257. The van der Waals surface area contributed by atoms with Gasteiger partial charge in [-0.15, -0.1) is 0 Å². The zero-order chi connectivity index (χ0) is 14.9. The molecule has 2 aliphatic heterocycles. The van der Waals surface area contributed by atoms with Gasteiger partial charge in [0.25, 0.3) is 0 Å². The topological polar surface area (TPSA) is 36.7 Å². The van der Waals surface area contributed by atoms with Crippen LogP contribution in [0.5, 0.6) is 0 Å². The van der Waals surface area contributed by atoms with Gasteiger partial charge in [0.1, 0.15) is 5.76 Å². The number of amides is 1. The maximum Gasteiger partial charge on any atom is 0.226 e. The van der Waals surface area contributed by atoms with Gasteiger partial charge in [0, 0.05) is 18.5 Å². The maximum atomic E-state index is 12.9. The van der Waals surface area contributed by atoms with Gasteiger partial charge in [-0.1, -0.05) is 6.42 Å². The summed E-state index contributed by atoms with van der Waals surface area (Å²) < 4.78 is 5.42. The van der Waals surface area contributed by atoms with Crippen molar-refractivity contribution in [2.75, 3.05) is 19.6 Å². The van der Waals surface area contributed by atoms with Crippen LogP contribution in [0.3, 0.4) is 0 Å². The van der Waals surface area contributed by atoms with Crippen LogP contribution in [0.25, 0.3) is 0 Å². The van der Waals surface area contributed by atoms with Gasteiger partial charge in [-0.2, -0.15) is 0 Å². The molecule has 0 N–H and O–H groups in total. The lowest BCUT2D eigenvalue weighted by Gasteiger charge is -2.34. The molecule has 4 rings (SSSR count). The Hall–Kier alpha value is -1.29. The normalized spacial score (nSPS) is 29.9.